The molecule has 146 valence electrons. The highest BCUT2D eigenvalue weighted by Crippen LogP contribution is 2.30. The molecule has 0 bridgehead atoms. The minimum Gasteiger partial charge on any atom is -0.493 e. The lowest BCUT2D eigenvalue weighted by atomic mass is 10.1. The van der Waals surface area contributed by atoms with E-state index in [1.54, 1.807) is 6.07 Å². The smallest absolute Gasteiger partial charge is 0.255 e. The maximum absolute atomic E-state index is 13.9. The summed E-state index contributed by atoms with van der Waals surface area (Å²) in [5.74, 6) is -1.30. The Balaban J connectivity index is 1.49. The summed E-state index contributed by atoms with van der Waals surface area (Å²) in [5.41, 5.74) is 0.903. The Morgan fingerprint density at radius 2 is 2.04 bits per heavy atom. The van der Waals surface area contributed by atoms with Gasteiger partial charge >= 0.3 is 0 Å². The van der Waals surface area contributed by atoms with E-state index in [-0.39, 0.29) is 35.1 Å². The van der Waals surface area contributed by atoms with Crippen molar-refractivity contribution in [2.45, 2.75) is 31.3 Å². The average Bonchev–Trinajstić information content (AvgIpc) is 3.27. The zero-order valence-corrected chi connectivity index (χ0v) is 16.0. The quantitative estimate of drug-likeness (QED) is 0.665. The maximum atomic E-state index is 13.9. The number of thiazole rings is 1. The second kappa shape index (κ2) is 7.71. The first kappa shape index (κ1) is 18.6. The summed E-state index contributed by atoms with van der Waals surface area (Å²) in [6, 6.07) is 8.65. The topological polar surface area (TPSA) is 63.2 Å². The number of nitrogens with one attached hydrogen (secondary N) is 2. The number of halogens is 2. The Morgan fingerprint density at radius 3 is 2.86 bits per heavy atom. The van der Waals surface area contributed by atoms with Crippen molar-refractivity contribution in [3.63, 3.8) is 0 Å². The van der Waals surface area contributed by atoms with Gasteiger partial charge in [0.2, 0.25) is 0 Å². The predicted octanol–water partition coefficient (Wildman–Crippen LogP) is 4.35. The van der Waals surface area contributed by atoms with E-state index in [1.165, 1.54) is 48.8 Å². The molecule has 3 aromatic rings. The number of fused-ring (bicyclic) bond motifs is 1. The van der Waals surface area contributed by atoms with E-state index in [4.69, 9.17) is 4.74 Å². The number of hydrogen-bond acceptors (Lipinski definition) is 5. The molecule has 0 unspecified atom stereocenters. The van der Waals surface area contributed by atoms with Crippen LogP contribution in [0.4, 0.5) is 13.9 Å². The van der Waals surface area contributed by atoms with E-state index in [2.05, 4.69) is 15.6 Å². The van der Waals surface area contributed by atoms with Crippen molar-refractivity contribution in [2.24, 2.45) is 0 Å². The molecule has 1 aliphatic carbocycles. The highest BCUT2D eigenvalue weighted by atomic mass is 32.1. The lowest BCUT2D eigenvalue weighted by molar-refractivity contribution is 0.0932. The van der Waals surface area contributed by atoms with Crippen molar-refractivity contribution in [3.05, 3.63) is 53.6 Å². The first-order chi connectivity index (χ1) is 13.5. The molecule has 2 aromatic carbocycles. The van der Waals surface area contributed by atoms with E-state index < -0.39 is 5.82 Å². The number of carbonyl (C=O) groups excluding carboxylic acids is 1. The van der Waals surface area contributed by atoms with E-state index in [1.807, 2.05) is 0 Å². The number of benzene rings is 2. The summed E-state index contributed by atoms with van der Waals surface area (Å²) in [7, 11) is 1.34. The number of rotatable bonds is 5. The standard InChI is InChI=1S/C20H19F2N3O2S/c1-27-18-12(4-2-5-13(18)22)19(26)23-14-6-3-7-15(14)24-20-25-16-9-8-11(21)10-17(16)28-20/h2,4-5,8-10,14-15H,3,6-7H2,1H3,(H,23,26)(H,24,25)/t14-,15+/m1/s1. The number of nitrogens with zero attached hydrogens (tertiary/aromatic N) is 1. The van der Waals surface area contributed by atoms with Gasteiger partial charge in [-0.15, -0.1) is 0 Å². The highest BCUT2D eigenvalue weighted by molar-refractivity contribution is 7.22. The normalized spacial score (nSPS) is 19.0. The van der Waals surface area contributed by atoms with Gasteiger partial charge in [0.1, 0.15) is 5.82 Å². The molecule has 1 aliphatic rings. The molecule has 1 aromatic heterocycles. The predicted molar refractivity (Wildman–Crippen MR) is 105 cm³/mol. The van der Waals surface area contributed by atoms with Crippen LogP contribution in [0, 0.1) is 11.6 Å². The summed E-state index contributed by atoms with van der Waals surface area (Å²) in [6.45, 7) is 0. The molecule has 8 heteroatoms. The number of hydrogen-bond donors (Lipinski definition) is 2. The molecular formula is C20H19F2N3O2S. The highest BCUT2D eigenvalue weighted by Gasteiger charge is 2.30. The van der Waals surface area contributed by atoms with Gasteiger partial charge in [0.05, 0.1) is 22.9 Å². The van der Waals surface area contributed by atoms with Gasteiger partial charge in [-0.25, -0.2) is 13.8 Å². The van der Waals surface area contributed by atoms with Crippen molar-refractivity contribution in [1.29, 1.82) is 0 Å². The summed E-state index contributed by atoms with van der Waals surface area (Å²) in [5, 5.41) is 7.03. The number of methoxy groups -OCH3 is 1. The molecule has 0 radical (unpaired) electrons. The molecule has 2 N–H and O–H groups in total. The summed E-state index contributed by atoms with van der Waals surface area (Å²) >= 11 is 1.38. The SMILES string of the molecule is COc1c(F)cccc1C(=O)N[C@@H]1CCC[C@@H]1Nc1nc2ccc(F)cc2s1. The minimum atomic E-state index is -0.571. The van der Waals surface area contributed by atoms with Crippen LogP contribution in [0.3, 0.4) is 0 Å². The first-order valence-corrected chi connectivity index (χ1v) is 9.83. The monoisotopic (exact) mass is 403 g/mol. The van der Waals surface area contributed by atoms with Gasteiger partial charge < -0.3 is 15.4 Å². The molecular weight excluding hydrogens is 384 g/mol. The molecule has 5 nitrogen and oxygen atoms in total. The number of aromatic nitrogens is 1. The number of para-hydroxylation sites is 1. The Kier molecular flexibility index (Phi) is 5.13. The summed E-state index contributed by atoms with van der Waals surface area (Å²) < 4.78 is 33.1. The van der Waals surface area contributed by atoms with Gasteiger partial charge in [0.25, 0.3) is 5.91 Å². The summed E-state index contributed by atoms with van der Waals surface area (Å²) in [6.07, 6.45) is 2.62. The minimum absolute atomic E-state index is 0.00564. The fraction of sp³-hybridized carbons (Fsp3) is 0.300. The lowest BCUT2D eigenvalue weighted by Gasteiger charge is -2.22. The van der Waals surface area contributed by atoms with Gasteiger partial charge in [-0.3, -0.25) is 4.79 Å². The third-order valence-corrected chi connectivity index (χ3v) is 5.86. The van der Waals surface area contributed by atoms with Gasteiger partial charge in [-0.1, -0.05) is 17.4 Å². The Labute approximate surface area is 164 Å². The number of amides is 1. The Bertz CT molecular complexity index is 1020. The van der Waals surface area contributed by atoms with E-state index in [0.29, 0.717) is 5.13 Å². The number of ether oxygens (including phenoxy) is 1. The molecule has 0 saturated heterocycles. The van der Waals surface area contributed by atoms with Crippen molar-refractivity contribution >= 4 is 32.6 Å². The molecule has 0 spiro atoms. The largest absolute Gasteiger partial charge is 0.493 e. The van der Waals surface area contributed by atoms with Crippen LogP contribution in [-0.2, 0) is 0 Å². The van der Waals surface area contributed by atoms with Crippen LogP contribution in [0.1, 0.15) is 29.6 Å². The molecule has 4 rings (SSSR count). The zero-order valence-electron chi connectivity index (χ0n) is 15.2. The number of anilines is 1. The van der Waals surface area contributed by atoms with Crippen molar-refractivity contribution in [2.75, 3.05) is 12.4 Å². The summed E-state index contributed by atoms with van der Waals surface area (Å²) in [4.78, 5) is 17.2. The van der Waals surface area contributed by atoms with Crippen LogP contribution < -0.4 is 15.4 Å². The maximum Gasteiger partial charge on any atom is 0.255 e. The van der Waals surface area contributed by atoms with Crippen LogP contribution in [0.2, 0.25) is 0 Å². The molecule has 1 amide bonds. The van der Waals surface area contributed by atoms with Crippen molar-refractivity contribution in [1.82, 2.24) is 10.3 Å². The van der Waals surface area contributed by atoms with E-state index >= 15 is 0 Å². The van der Waals surface area contributed by atoms with Crippen LogP contribution in [-0.4, -0.2) is 30.1 Å². The second-order valence-corrected chi connectivity index (χ2v) is 7.74. The molecule has 1 heterocycles. The fourth-order valence-electron chi connectivity index (χ4n) is 3.57. The molecule has 28 heavy (non-hydrogen) atoms. The Hall–Kier alpha value is -2.74. The Morgan fingerprint density at radius 1 is 1.21 bits per heavy atom. The number of carbonyl (C=O) groups is 1. The second-order valence-electron chi connectivity index (χ2n) is 6.71. The van der Waals surface area contributed by atoms with Crippen LogP contribution in [0.25, 0.3) is 10.2 Å². The van der Waals surface area contributed by atoms with E-state index in [0.717, 1.165) is 29.5 Å². The first-order valence-electron chi connectivity index (χ1n) is 9.01. The third kappa shape index (κ3) is 3.64. The van der Waals surface area contributed by atoms with Crippen molar-refractivity contribution < 1.29 is 18.3 Å². The van der Waals surface area contributed by atoms with Crippen LogP contribution in [0.5, 0.6) is 5.75 Å². The average molecular weight is 403 g/mol. The van der Waals surface area contributed by atoms with Gasteiger partial charge in [-0.05, 0) is 49.6 Å². The van der Waals surface area contributed by atoms with Gasteiger partial charge in [0.15, 0.2) is 16.7 Å². The molecule has 1 fully saturated rings. The van der Waals surface area contributed by atoms with Crippen LogP contribution >= 0.6 is 11.3 Å². The molecule has 1 saturated carbocycles. The molecule has 0 aliphatic heterocycles. The zero-order chi connectivity index (χ0) is 19.7. The van der Waals surface area contributed by atoms with Gasteiger partial charge in [0, 0.05) is 12.1 Å². The van der Waals surface area contributed by atoms with Gasteiger partial charge in [-0.2, -0.15) is 0 Å². The van der Waals surface area contributed by atoms with Crippen molar-refractivity contribution in [3.8, 4) is 5.75 Å². The fourth-order valence-corrected chi connectivity index (χ4v) is 4.52. The molecule has 2 atom stereocenters. The van der Waals surface area contributed by atoms with Crippen LogP contribution in [0.15, 0.2) is 36.4 Å². The third-order valence-electron chi connectivity index (χ3n) is 4.91. The van der Waals surface area contributed by atoms with E-state index in [9.17, 15) is 13.6 Å². The lowest BCUT2D eigenvalue weighted by Crippen LogP contribution is -2.43.